The van der Waals surface area contributed by atoms with E-state index >= 15 is 0 Å². The fourth-order valence-corrected chi connectivity index (χ4v) is 3.88. The number of nitrogens with zero attached hydrogens (tertiary/aromatic N) is 2. The Morgan fingerprint density at radius 3 is 3.08 bits per heavy atom. The molecule has 2 aliphatic heterocycles. The third-order valence-corrected chi connectivity index (χ3v) is 4.99. The molecule has 5 nitrogen and oxygen atoms in total. The molecule has 0 spiro atoms. The van der Waals surface area contributed by atoms with Gasteiger partial charge in [-0.3, -0.25) is 9.89 Å². The third kappa shape index (κ3) is 2.73. The van der Waals surface area contributed by atoms with E-state index in [9.17, 15) is 4.79 Å². The van der Waals surface area contributed by atoms with Crippen molar-refractivity contribution in [3.8, 4) is 0 Å². The van der Waals surface area contributed by atoms with Gasteiger partial charge in [-0.1, -0.05) is 26.0 Å². The van der Waals surface area contributed by atoms with Gasteiger partial charge in [0.15, 0.2) is 0 Å². The number of H-pyrrole nitrogens is 1. The second kappa shape index (κ2) is 5.74. The quantitative estimate of drug-likeness (QED) is 0.877. The van der Waals surface area contributed by atoms with Crippen LogP contribution in [0.1, 0.15) is 46.6 Å². The maximum atomic E-state index is 13.3. The molecule has 2 aromatic rings. The zero-order chi connectivity index (χ0) is 16.7. The number of ether oxygens (including phenoxy) is 1. The number of rotatable bonds is 1. The van der Waals surface area contributed by atoms with Gasteiger partial charge in [0.05, 0.1) is 19.4 Å². The molecule has 126 valence electrons. The number of carbonyl (C=O) groups excluding carboxylic acids is 1. The van der Waals surface area contributed by atoms with E-state index in [1.54, 1.807) is 0 Å². The summed E-state index contributed by atoms with van der Waals surface area (Å²) in [6.07, 6.45) is 3.57. The lowest BCUT2D eigenvalue weighted by Crippen LogP contribution is -2.38. The van der Waals surface area contributed by atoms with E-state index < -0.39 is 0 Å². The average Bonchev–Trinajstić information content (AvgIpc) is 2.93. The Balaban J connectivity index is 1.70. The van der Waals surface area contributed by atoms with Crippen LogP contribution in [0.2, 0.25) is 0 Å². The molecule has 4 rings (SSSR count). The van der Waals surface area contributed by atoms with Crippen LogP contribution in [0.5, 0.6) is 0 Å². The minimum atomic E-state index is 0.0192. The normalized spacial score (nSPS) is 19.3. The predicted molar refractivity (Wildman–Crippen MR) is 90.6 cm³/mol. The molecule has 1 aromatic carbocycles. The van der Waals surface area contributed by atoms with Crippen molar-refractivity contribution in [3.05, 3.63) is 52.3 Å². The molecule has 0 radical (unpaired) electrons. The van der Waals surface area contributed by atoms with Crippen molar-refractivity contribution in [3.63, 3.8) is 0 Å². The monoisotopic (exact) mass is 325 g/mol. The first kappa shape index (κ1) is 15.4. The van der Waals surface area contributed by atoms with E-state index in [4.69, 9.17) is 4.74 Å². The summed E-state index contributed by atoms with van der Waals surface area (Å²) in [4.78, 5) is 15.3. The Labute approximate surface area is 142 Å². The molecule has 0 atom stereocenters. The summed E-state index contributed by atoms with van der Waals surface area (Å²) in [6, 6.07) is 5.99. The second-order valence-electron chi connectivity index (χ2n) is 7.62. The Bertz CT molecular complexity index is 779. The van der Waals surface area contributed by atoms with Gasteiger partial charge in [-0.2, -0.15) is 5.10 Å². The van der Waals surface area contributed by atoms with Gasteiger partial charge in [-0.15, -0.1) is 0 Å². The fourth-order valence-electron chi connectivity index (χ4n) is 3.88. The van der Waals surface area contributed by atoms with Crippen molar-refractivity contribution in [1.29, 1.82) is 0 Å². The Morgan fingerprint density at radius 1 is 1.33 bits per heavy atom. The molecule has 5 heteroatoms. The van der Waals surface area contributed by atoms with Crippen LogP contribution in [0.25, 0.3) is 0 Å². The molecule has 1 N–H and O–H groups in total. The molecule has 1 aromatic heterocycles. The highest BCUT2D eigenvalue weighted by molar-refractivity contribution is 5.96. The maximum Gasteiger partial charge on any atom is 0.254 e. The molecule has 0 bridgehead atoms. The summed E-state index contributed by atoms with van der Waals surface area (Å²) in [5.74, 6) is 0.121. The minimum absolute atomic E-state index is 0.0192. The topological polar surface area (TPSA) is 58.2 Å². The van der Waals surface area contributed by atoms with Gasteiger partial charge in [0, 0.05) is 29.9 Å². The van der Waals surface area contributed by atoms with Gasteiger partial charge in [0.2, 0.25) is 0 Å². The minimum Gasteiger partial charge on any atom is -0.376 e. The highest BCUT2D eigenvalue weighted by Crippen LogP contribution is 2.31. The molecular weight excluding hydrogens is 302 g/mol. The SMILES string of the molecule is CC1(C)Cc2[nH]ncc2CN(C(=O)c2cccc3c2CCOC3)C1. The summed E-state index contributed by atoms with van der Waals surface area (Å²) < 4.78 is 5.53. The van der Waals surface area contributed by atoms with E-state index in [-0.39, 0.29) is 11.3 Å². The van der Waals surface area contributed by atoms with Gasteiger partial charge in [0.25, 0.3) is 5.91 Å². The van der Waals surface area contributed by atoms with Gasteiger partial charge >= 0.3 is 0 Å². The smallest absolute Gasteiger partial charge is 0.254 e. The van der Waals surface area contributed by atoms with Crippen LogP contribution < -0.4 is 0 Å². The number of hydrogen-bond acceptors (Lipinski definition) is 3. The first-order valence-electron chi connectivity index (χ1n) is 8.52. The summed E-state index contributed by atoms with van der Waals surface area (Å²) in [5, 5.41) is 7.27. The van der Waals surface area contributed by atoms with Crippen LogP contribution in [0, 0.1) is 5.41 Å². The molecule has 0 fully saturated rings. The van der Waals surface area contributed by atoms with Crippen molar-refractivity contribution in [2.75, 3.05) is 13.2 Å². The molecule has 1 amide bonds. The number of benzene rings is 1. The predicted octanol–water partition coefficient (Wildman–Crippen LogP) is 2.71. The largest absolute Gasteiger partial charge is 0.376 e. The van der Waals surface area contributed by atoms with Gasteiger partial charge in [-0.25, -0.2) is 0 Å². The highest BCUT2D eigenvalue weighted by atomic mass is 16.5. The lowest BCUT2D eigenvalue weighted by molar-refractivity contribution is 0.0674. The van der Waals surface area contributed by atoms with E-state index in [0.29, 0.717) is 19.8 Å². The first-order valence-corrected chi connectivity index (χ1v) is 8.52. The Kier molecular flexibility index (Phi) is 3.68. The molecule has 3 heterocycles. The Hall–Kier alpha value is -2.14. The van der Waals surface area contributed by atoms with Crippen molar-refractivity contribution < 1.29 is 9.53 Å². The lowest BCUT2D eigenvalue weighted by Gasteiger charge is -2.31. The van der Waals surface area contributed by atoms with Gasteiger partial charge < -0.3 is 9.64 Å². The summed E-state index contributed by atoms with van der Waals surface area (Å²) in [6.45, 7) is 7.07. The van der Waals surface area contributed by atoms with E-state index in [1.807, 2.05) is 23.2 Å². The third-order valence-electron chi connectivity index (χ3n) is 4.99. The number of hydrogen-bond donors (Lipinski definition) is 1. The molecule has 0 saturated heterocycles. The van der Waals surface area contributed by atoms with Crippen LogP contribution in [0.15, 0.2) is 24.4 Å². The molecule has 0 saturated carbocycles. The van der Waals surface area contributed by atoms with E-state index in [0.717, 1.165) is 47.3 Å². The number of carbonyl (C=O) groups is 1. The van der Waals surface area contributed by atoms with Crippen LogP contribution in [0.3, 0.4) is 0 Å². The fraction of sp³-hybridized carbons (Fsp3) is 0.474. The highest BCUT2D eigenvalue weighted by Gasteiger charge is 2.32. The van der Waals surface area contributed by atoms with Crippen LogP contribution >= 0.6 is 0 Å². The number of aromatic nitrogens is 2. The number of nitrogens with one attached hydrogen (secondary N) is 1. The summed E-state index contributed by atoms with van der Waals surface area (Å²) >= 11 is 0. The zero-order valence-electron chi connectivity index (χ0n) is 14.3. The second-order valence-corrected chi connectivity index (χ2v) is 7.62. The lowest BCUT2D eigenvalue weighted by atomic mass is 9.87. The average molecular weight is 325 g/mol. The zero-order valence-corrected chi connectivity index (χ0v) is 14.3. The molecule has 0 unspecified atom stereocenters. The summed E-state index contributed by atoms with van der Waals surface area (Å²) in [5.41, 5.74) is 5.43. The van der Waals surface area contributed by atoms with Crippen molar-refractivity contribution >= 4 is 5.91 Å². The van der Waals surface area contributed by atoms with E-state index in [2.05, 4.69) is 30.1 Å². The molecule has 0 aliphatic carbocycles. The number of aromatic amines is 1. The van der Waals surface area contributed by atoms with Crippen LogP contribution in [-0.2, 0) is 30.7 Å². The van der Waals surface area contributed by atoms with Crippen molar-refractivity contribution in [1.82, 2.24) is 15.1 Å². The van der Waals surface area contributed by atoms with Gasteiger partial charge in [-0.05, 0) is 35.4 Å². The number of amides is 1. The standard InChI is InChI=1S/C19H23N3O2/c1-19(2)8-17-14(9-20-21-17)10-22(12-19)18(23)16-5-3-4-13-11-24-7-6-15(13)16/h3-5,9H,6-8,10-12H2,1-2H3,(H,20,21). The molecular formula is C19H23N3O2. The van der Waals surface area contributed by atoms with Crippen molar-refractivity contribution in [2.24, 2.45) is 5.41 Å². The molecule has 2 aliphatic rings. The Morgan fingerprint density at radius 2 is 2.21 bits per heavy atom. The maximum absolute atomic E-state index is 13.3. The number of fused-ring (bicyclic) bond motifs is 2. The van der Waals surface area contributed by atoms with Crippen LogP contribution in [-0.4, -0.2) is 34.2 Å². The summed E-state index contributed by atoms with van der Waals surface area (Å²) in [7, 11) is 0. The van der Waals surface area contributed by atoms with Gasteiger partial charge in [0.1, 0.15) is 0 Å². The first-order chi connectivity index (χ1) is 11.5. The molecule has 24 heavy (non-hydrogen) atoms. The van der Waals surface area contributed by atoms with Crippen LogP contribution in [0.4, 0.5) is 0 Å². The van der Waals surface area contributed by atoms with E-state index in [1.165, 1.54) is 0 Å². The van der Waals surface area contributed by atoms with Crippen molar-refractivity contribution in [2.45, 2.75) is 39.8 Å².